The lowest BCUT2D eigenvalue weighted by molar-refractivity contribution is -0.142. The van der Waals surface area contributed by atoms with E-state index in [2.05, 4.69) is 4.98 Å². The number of hydrogen-bond acceptors (Lipinski definition) is 3. The molecule has 1 aliphatic rings. The molecule has 1 fully saturated rings. The summed E-state index contributed by atoms with van der Waals surface area (Å²) in [5.74, 6) is -2.18. The molecule has 2 aromatic rings. The van der Waals surface area contributed by atoms with Gasteiger partial charge < -0.3 is 10.0 Å². The van der Waals surface area contributed by atoms with Gasteiger partial charge in [0.05, 0.1) is 18.4 Å². The molecule has 0 saturated carbocycles. The number of benzene rings is 1. The van der Waals surface area contributed by atoms with Gasteiger partial charge in [-0.15, -0.1) is 0 Å². The normalized spacial score (nSPS) is 20.7. The Morgan fingerprint density at radius 1 is 1.26 bits per heavy atom. The summed E-state index contributed by atoms with van der Waals surface area (Å²) in [6.07, 6.45) is 2.92. The molecule has 1 saturated heterocycles. The van der Waals surface area contributed by atoms with Crippen LogP contribution in [-0.2, 0) is 4.79 Å². The summed E-state index contributed by atoms with van der Waals surface area (Å²) in [4.78, 5) is 29.4. The number of carboxylic acid groups (broad SMARTS) is 1. The molecular formula is C16H16FN3O3. The van der Waals surface area contributed by atoms with Crippen LogP contribution in [0.3, 0.4) is 0 Å². The molecule has 1 N–H and O–H groups in total. The van der Waals surface area contributed by atoms with Crippen molar-refractivity contribution in [2.75, 3.05) is 13.1 Å². The minimum atomic E-state index is -0.889. The van der Waals surface area contributed by atoms with E-state index in [1.54, 1.807) is 16.7 Å². The Balaban J connectivity index is 1.86. The third-order valence-corrected chi connectivity index (χ3v) is 4.18. The molecule has 1 amide bonds. The number of aromatic nitrogens is 2. The molecule has 23 heavy (non-hydrogen) atoms. The van der Waals surface area contributed by atoms with E-state index >= 15 is 0 Å². The SMILES string of the molecule is C[C@@H]1CN(C(=O)c2cncn2-c2ccc(F)cc2)C[C@H]1C(=O)O. The van der Waals surface area contributed by atoms with Crippen LogP contribution in [0, 0.1) is 17.7 Å². The molecule has 0 unspecified atom stereocenters. The Bertz CT molecular complexity index is 741. The van der Waals surface area contributed by atoms with Crippen LogP contribution in [0.2, 0.25) is 0 Å². The second-order valence-corrected chi connectivity index (χ2v) is 5.76. The molecule has 6 nitrogen and oxygen atoms in total. The highest BCUT2D eigenvalue weighted by atomic mass is 19.1. The Morgan fingerprint density at radius 3 is 2.57 bits per heavy atom. The first-order valence-electron chi connectivity index (χ1n) is 7.27. The Morgan fingerprint density at radius 2 is 1.96 bits per heavy atom. The smallest absolute Gasteiger partial charge is 0.308 e. The number of rotatable bonds is 3. The maximum Gasteiger partial charge on any atom is 0.308 e. The summed E-state index contributed by atoms with van der Waals surface area (Å²) in [5.41, 5.74) is 0.948. The molecule has 2 heterocycles. The summed E-state index contributed by atoms with van der Waals surface area (Å²) in [6, 6.07) is 5.73. The zero-order valence-electron chi connectivity index (χ0n) is 12.5. The third-order valence-electron chi connectivity index (χ3n) is 4.18. The van der Waals surface area contributed by atoms with Gasteiger partial charge in [-0.2, -0.15) is 0 Å². The van der Waals surface area contributed by atoms with Crippen LogP contribution < -0.4 is 0 Å². The predicted molar refractivity (Wildman–Crippen MR) is 79.7 cm³/mol. The summed E-state index contributed by atoms with van der Waals surface area (Å²) in [7, 11) is 0. The average Bonchev–Trinajstić information content (AvgIpc) is 3.14. The van der Waals surface area contributed by atoms with Crippen LogP contribution in [0.4, 0.5) is 4.39 Å². The van der Waals surface area contributed by atoms with Gasteiger partial charge in [-0.1, -0.05) is 6.92 Å². The zero-order chi connectivity index (χ0) is 16.6. The third kappa shape index (κ3) is 2.81. The Labute approximate surface area is 132 Å². The lowest BCUT2D eigenvalue weighted by Gasteiger charge is -2.17. The molecule has 2 atom stereocenters. The highest BCUT2D eigenvalue weighted by Gasteiger charge is 2.37. The number of hydrogen-bond donors (Lipinski definition) is 1. The predicted octanol–water partition coefficient (Wildman–Crippen LogP) is 1.80. The molecule has 7 heteroatoms. The Hall–Kier alpha value is -2.70. The Kier molecular flexibility index (Phi) is 3.85. The molecule has 120 valence electrons. The van der Waals surface area contributed by atoms with Crippen molar-refractivity contribution < 1.29 is 19.1 Å². The molecule has 0 aliphatic carbocycles. The van der Waals surface area contributed by atoms with Crippen molar-refractivity contribution in [3.63, 3.8) is 0 Å². The summed E-state index contributed by atoms with van der Waals surface area (Å²) < 4.78 is 14.6. The fourth-order valence-corrected chi connectivity index (χ4v) is 2.88. The fraction of sp³-hybridized carbons (Fsp3) is 0.312. The van der Waals surface area contributed by atoms with Gasteiger partial charge in [-0.25, -0.2) is 9.37 Å². The van der Waals surface area contributed by atoms with E-state index in [-0.39, 0.29) is 24.2 Å². The van der Waals surface area contributed by atoms with Crippen LogP contribution in [0.15, 0.2) is 36.8 Å². The van der Waals surface area contributed by atoms with Gasteiger partial charge in [0.25, 0.3) is 5.91 Å². The van der Waals surface area contributed by atoms with Gasteiger partial charge in [-0.05, 0) is 30.2 Å². The molecule has 1 aromatic heterocycles. The number of nitrogens with zero attached hydrogens (tertiary/aromatic N) is 3. The largest absolute Gasteiger partial charge is 0.481 e. The van der Waals surface area contributed by atoms with Crippen molar-refractivity contribution in [1.82, 2.24) is 14.5 Å². The van der Waals surface area contributed by atoms with Crippen molar-refractivity contribution in [2.24, 2.45) is 11.8 Å². The topological polar surface area (TPSA) is 75.4 Å². The molecule has 1 aliphatic heterocycles. The van der Waals surface area contributed by atoms with Crippen molar-refractivity contribution >= 4 is 11.9 Å². The van der Waals surface area contributed by atoms with E-state index in [9.17, 15) is 19.1 Å². The number of imidazole rings is 1. The van der Waals surface area contributed by atoms with E-state index in [1.807, 2.05) is 6.92 Å². The number of carbonyl (C=O) groups is 2. The fourth-order valence-electron chi connectivity index (χ4n) is 2.88. The van der Waals surface area contributed by atoms with Crippen molar-refractivity contribution in [2.45, 2.75) is 6.92 Å². The molecule has 0 radical (unpaired) electrons. The second kappa shape index (κ2) is 5.83. The summed E-state index contributed by atoms with van der Waals surface area (Å²) in [6.45, 7) is 2.40. The first-order chi connectivity index (χ1) is 11.0. The maximum atomic E-state index is 13.0. The van der Waals surface area contributed by atoms with Crippen LogP contribution in [0.1, 0.15) is 17.4 Å². The highest BCUT2D eigenvalue weighted by Crippen LogP contribution is 2.25. The van der Waals surface area contributed by atoms with Gasteiger partial charge in [-0.3, -0.25) is 14.2 Å². The molecule has 1 aromatic carbocycles. The van der Waals surface area contributed by atoms with E-state index in [4.69, 9.17) is 0 Å². The second-order valence-electron chi connectivity index (χ2n) is 5.76. The average molecular weight is 317 g/mol. The van der Waals surface area contributed by atoms with E-state index in [0.717, 1.165) is 0 Å². The van der Waals surface area contributed by atoms with Crippen LogP contribution >= 0.6 is 0 Å². The van der Waals surface area contributed by atoms with E-state index in [0.29, 0.717) is 17.9 Å². The van der Waals surface area contributed by atoms with Crippen LogP contribution in [0.5, 0.6) is 0 Å². The number of halogens is 1. The number of carbonyl (C=O) groups excluding carboxylic acids is 1. The number of carboxylic acids is 1. The quantitative estimate of drug-likeness (QED) is 0.936. The van der Waals surface area contributed by atoms with Crippen molar-refractivity contribution in [3.8, 4) is 5.69 Å². The summed E-state index contributed by atoms with van der Waals surface area (Å²) in [5, 5.41) is 9.18. The zero-order valence-corrected chi connectivity index (χ0v) is 12.5. The number of likely N-dealkylation sites (tertiary alicyclic amines) is 1. The molecule has 0 spiro atoms. The first-order valence-corrected chi connectivity index (χ1v) is 7.27. The lowest BCUT2D eigenvalue weighted by atomic mass is 9.99. The minimum absolute atomic E-state index is 0.0985. The van der Waals surface area contributed by atoms with Gasteiger partial charge >= 0.3 is 5.97 Å². The number of amides is 1. The molecule has 3 rings (SSSR count). The van der Waals surface area contributed by atoms with Crippen LogP contribution in [-0.4, -0.2) is 44.5 Å². The highest BCUT2D eigenvalue weighted by molar-refractivity contribution is 5.93. The van der Waals surface area contributed by atoms with Gasteiger partial charge in [0.2, 0.25) is 0 Å². The van der Waals surface area contributed by atoms with Gasteiger partial charge in [0, 0.05) is 18.8 Å². The molecular weight excluding hydrogens is 301 g/mol. The van der Waals surface area contributed by atoms with Crippen molar-refractivity contribution in [1.29, 1.82) is 0 Å². The van der Waals surface area contributed by atoms with Gasteiger partial charge in [0.1, 0.15) is 11.5 Å². The van der Waals surface area contributed by atoms with Gasteiger partial charge in [0.15, 0.2) is 0 Å². The minimum Gasteiger partial charge on any atom is -0.481 e. The molecule has 0 bridgehead atoms. The van der Waals surface area contributed by atoms with E-state index in [1.165, 1.54) is 29.6 Å². The standard InChI is InChI=1S/C16H16FN3O3/c1-10-7-19(8-13(10)16(22)23)15(21)14-6-18-9-20(14)12-4-2-11(17)3-5-12/h2-6,9-10,13H,7-8H2,1H3,(H,22,23)/t10-,13-/m1/s1. The monoisotopic (exact) mass is 317 g/mol. The van der Waals surface area contributed by atoms with Crippen molar-refractivity contribution in [3.05, 3.63) is 48.3 Å². The van der Waals surface area contributed by atoms with Crippen LogP contribution in [0.25, 0.3) is 5.69 Å². The van der Waals surface area contributed by atoms with E-state index < -0.39 is 11.9 Å². The number of aliphatic carboxylic acids is 1. The summed E-state index contributed by atoms with van der Waals surface area (Å²) >= 11 is 0. The first kappa shape index (κ1) is 15.2. The lowest BCUT2D eigenvalue weighted by Crippen LogP contribution is -2.31. The maximum absolute atomic E-state index is 13.0.